The molecular weight excluding hydrogens is 487 g/mol. The van der Waals surface area contributed by atoms with E-state index in [9.17, 15) is 4.79 Å². The smallest absolute Gasteiger partial charge is 0.252 e. The maximum absolute atomic E-state index is 15.5. The number of hydrogen-bond donors (Lipinski definition) is 0. The maximum atomic E-state index is 15.5. The van der Waals surface area contributed by atoms with Gasteiger partial charge in [0.15, 0.2) is 5.82 Å². The number of benzene rings is 1. The number of thiazole rings is 1. The lowest BCUT2D eigenvalue weighted by molar-refractivity contribution is 0.0995. The molecule has 4 aromatic rings. The minimum absolute atomic E-state index is 0.0547. The molecule has 194 valence electrons. The average molecular weight is 521 g/mol. The summed E-state index contributed by atoms with van der Waals surface area (Å²) in [5, 5.41) is 4.83. The summed E-state index contributed by atoms with van der Waals surface area (Å²) in [5.74, 6) is 5.74. The number of aryl methyl sites for hydroxylation is 1. The quantitative estimate of drug-likeness (QED) is 0.337. The number of anilines is 1. The molecule has 1 unspecified atom stereocenters. The predicted molar refractivity (Wildman–Crippen MR) is 149 cm³/mol. The van der Waals surface area contributed by atoms with E-state index in [0.717, 1.165) is 47.4 Å². The number of pyridine rings is 1. The lowest BCUT2D eigenvalue weighted by Gasteiger charge is -2.49. The van der Waals surface area contributed by atoms with Gasteiger partial charge >= 0.3 is 0 Å². The van der Waals surface area contributed by atoms with E-state index in [4.69, 9.17) is 5.10 Å². The van der Waals surface area contributed by atoms with Crippen molar-refractivity contribution in [1.82, 2.24) is 24.2 Å². The molecule has 0 bridgehead atoms. The summed E-state index contributed by atoms with van der Waals surface area (Å²) in [7, 11) is 1.78. The highest BCUT2D eigenvalue weighted by Crippen LogP contribution is 2.36. The molecule has 5 rings (SSSR count). The molecule has 0 amide bonds. The molecule has 0 aliphatic carbocycles. The Morgan fingerprint density at radius 2 is 1.97 bits per heavy atom. The van der Waals surface area contributed by atoms with E-state index in [1.807, 2.05) is 25.3 Å². The summed E-state index contributed by atoms with van der Waals surface area (Å²) in [6, 6.07) is 5.86. The fourth-order valence-electron chi connectivity index (χ4n) is 5.57. The van der Waals surface area contributed by atoms with Crippen molar-refractivity contribution in [3.63, 3.8) is 0 Å². The minimum atomic E-state index is -0.217. The number of fused-ring (bicyclic) bond motifs is 2. The summed E-state index contributed by atoms with van der Waals surface area (Å²) in [6.45, 7) is 10.2. The van der Waals surface area contributed by atoms with Gasteiger partial charge in [0, 0.05) is 49.9 Å². The first kappa shape index (κ1) is 25.4. The second-order valence-electron chi connectivity index (χ2n) is 9.73. The van der Waals surface area contributed by atoms with Gasteiger partial charge in [-0.25, -0.2) is 9.37 Å². The zero-order chi connectivity index (χ0) is 26.3. The van der Waals surface area contributed by atoms with Crippen LogP contribution in [0.15, 0.2) is 34.7 Å². The van der Waals surface area contributed by atoms with Crippen LogP contribution >= 0.6 is 11.3 Å². The summed E-state index contributed by atoms with van der Waals surface area (Å²) in [6.07, 6.45) is 3.71. The highest BCUT2D eigenvalue weighted by atomic mass is 32.1. The topological polar surface area (TPSA) is 59.2 Å². The molecule has 3 atom stereocenters. The number of hydrogen-bond acceptors (Lipinski definition) is 6. The van der Waals surface area contributed by atoms with Crippen molar-refractivity contribution >= 4 is 38.3 Å². The number of nitrogens with zero attached hydrogens (tertiary/aromatic N) is 6. The maximum Gasteiger partial charge on any atom is 0.252 e. The predicted octanol–water partition coefficient (Wildman–Crippen LogP) is 4.95. The van der Waals surface area contributed by atoms with E-state index in [1.54, 1.807) is 27.9 Å². The Kier molecular flexibility index (Phi) is 7.06. The second-order valence-corrected chi connectivity index (χ2v) is 10.6. The monoisotopic (exact) mass is 520 g/mol. The highest BCUT2D eigenvalue weighted by molar-refractivity contribution is 7.16. The molecule has 0 spiro atoms. The standard InChI is InChI=1S/C28H33FN6OS/c1-6-9-12-33-16-23-27(31-33)22(13-25(36)32(23)5)35-15-19(7-2)34(14-20(35)8-3)18(4)21-10-11-24-28(26(21)29)30-17-37-24/h10-11,13,16-20H,7-8,12,14-15H2,1-5H3/t18?,19-,20+/m1/s1. The Morgan fingerprint density at radius 1 is 1.19 bits per heavy atom. The summed E-state index contributed by atoms with van der Waals surface area (Å²) in [4.78, 5) is 22.0. The van der Waals surface area contributed by atoms with Crippen molar-refractivity contribution in [2.24, 2.45) is 7.05 Å². The third kappa shape index (κ3) is 4.42. The first-order chi connectivity index (χ1) is 17.9. The molecule has 9 heteroatoms. The van der Waals surface area contributed by atoms with Gasteiger partial charge in [-0.1, -0.05) is 25.8 Å². The molecule has 0 saturated carbocycles. The first-order valence-corrected chi connectivity index (χ1v) is 13.8. The van der Waals surface area contributed by atoms with Crippen LogP contribution in [-0.2, 0) is 13.6 Å². The SMILES string of the molecule is CC#CCn1cc2c(n1)c(N1C[C@@H](CC)N(C(C)c3ccc4scnc4c3F)C[C@@H]1CC)cc(=O)n2C. The van der Waals surface area contributed by atoms with E-state index >= 15 is 4.39 Å². The van der Waals surface area contributed by atoms with Crippen molar-refractivity contribution in [2.75, 3.05) is 18.0 Å². The Hall–Kier alpha value is -3.22. The van der Waals surface area contributed by atoms with Crippen LogP contribution in [0, 0.1) is 17.7 Å². The number of piperazine rings is 1. The molecule has 4 heterocycles. The van der Waals surface area contributed by atoms with Gasteiger partial charge in [-0.2, -0.15) is 5.10 Å². The number of rotatable bonds is 6. The molecule has 0 radical (unpaired) electrons. The van der Waals surface area contributed by atoms with Crippen molar-refractivity contribution in [2.45, 2.75) is 65.2 Å². The van der Waals surface area contributed by atoms with E-state index in [2.05, 4.69) is 47.4 Å². The fraction of sp³-hybridized carbons (Fsp3) is 0.464. The van der Waals surface area contributed by atoms with Gasteiger partial charge in [0.05, 0.1) is 27.6 Å². The van der Waals surface area contributed by atoms with Crippen LogP contribution < -0.4 is 10.5 Å². The zero-order valence-corrected chi connectivity index (χ0v) is 22.8. The van der Waals surface area contributed by atoms with E-state index in [-0.39, 0.29) is 29.5 Å². The van der Waals surface area contributed by atoms with Crippen molar-refractivity contribution in [3.8, 4) is 11.8 Å². The van der Waals surface area contributed by atoms with Crippen LogP contribution in [0.4, 0.5) is 10.1 Å². The molecule has 1 aliphatic rings. The van der Waals surface area contributed by atoms with Gasteiger partial charge in [-0.3, -0.25) is 14.4 Å². The van der Waals surface area contributed by atoms with E-state index in [1.165, 1.54) is 11.3 Å². The van der Waals surface area contributed by atoms with Crippen LogP contribution in [-0.4, -0.2) is 49.4 Å². The Balaban J connectivity index is 1.52. The van der Waals surface area contributed by atoms with Gasteiger partial charge in [0.1, 0.15) is 17.6 Å². The normalized spacial score (nSPS) is 19.4. The average Bonchev–Trinajstić information content (AvgIpc) is 3.57. The van der Waals surface area contributed by atoms with Gasteiger partial charge < -0.3 is 9.47 Å². The summed E-state index contributed by atoms with van der Waals surface area (Å²) in [5.41, 5.74) is 5.28. The van der Waals surface area contributed by atoms with E-state index < -0.39 is 0 Å². The third-order valence-electron chi connectivity index (χ3n) is 7.76. The Morgan fingerprint density at radius 3 is 2.70 bits per heavy atom. The zero-order valence-electron chi connectivity index (χ0n) is 22.0. The van der Waals surface area contributed by atoms with E-state index in [0.29, 0.717) is 17.6 Å². The summed E-state index contributed by atoms with van der Waals surface area (Å²) >= 11 is 1.46. The molecule has 1 fully saturated rings. The van der Waals surface area contributed by atoms with Gasteiger partial charge in [0.25, 0.3) is 5.56 Å². The molecule has 37 heavy (non-hydrogen) atoms. The minimum Gasteiger partial charge on any atom is -0.364 e. The van der Waals surface area contributed by atoms with Crippen LogP contribution in [0.3, 0.4) is 0 Å². The van der Waals surface area contributed by atoms with Crippen molar-refractivity contribution in [3.05, 3.63) is 51.6 Å². The lowest BCUT2D eigenvalue weighted by Crippen LogP contribution is -2.59. The molecule has 7 nitrogen and oxygen atoms in total. The molecule has 1 aromatic carbocycles. The Bertz CT molecular complexity index is 1560. The summed E-state index contributed by atoms with van der Waals surface area (Å²) < 4.78 is 19.8. The van der Waals surface area contributed by atoms with Gasteiger partial charge in [-0.15, -0.1) is 17.3 Å². The molecular formula is C28H33FN6OS. The molecule has 3 aromatic heterocycles. The second kappa shape index (κ2) is 10.3. The van der Waals surface area contributed by atoms with Gasteiger partial charge in [0.2, 0.25) is 0 Å². The van der Waals surface area contributed by atoms with Crippen molar-refractivity contribution in [1.29, 1.82) is 0 Å². The fourth-order valence-corrected chi connectivity index (χ4v) is 6.24. The highest BCUT2D eigenvalue weighted by Gasteiger charge is 2.37. The molecule has 1 saturated heterocycles. The molecule has 0 N–H and O–H groups in total. The van der Waals surface area contributed by atoms with Crippen molar-refractivity contribution < 1.29 is 4.39 Å². The Labute approximate surface area is 220 Å². The van der Waals surface area contributed by atoms with Gasteiger partial charge in [-0.05, 0) is 32.8 Å². The largest absolute Gasteiger partial charge is 0.364 e. The lowest BCUT2D eigenvalue weighted by atomic mass is 9.96. The third-order valence-corrected chi connectivity index (χ3v) is 8.56. The first-order valence-electron chi connectivity index (χ1n) is 12.9. The van der Waals surface area contributed by atoms with Crippen LogP contribution in [0.5, 0.6) is 0 Å². The number of halogens is 1. The van der Waals surface area contributed by atoms with Crippen LogP contribution in [0.25, 0.3) is 21.3 Å². The number of aromatic nitrogens is 4. The van der Waals surface area contributed by atoms with Crippen LogP contribution in [0.1, 0.15) is 52.1 Å². The molecule has 1 aliphatic heterocycles. The van der Waals surface area contributed by atoms with Crippen LogP contribution in [0.2, 0.25) is 0 Å².